The number of allylic oxidation sites excluding steroid dienone is 1. The quantitative estimate of drug-likeness (QED) is 0.683. The smallest absolute Gasteiger partial charge is 0.173 e. The van der Waals surface area contributed by atoms with Crippen LogP contribution in [0.25, 0.3) is 5.57 Å². The summed E-state index contributed by atoms with van der Waals surface area (Å²) in [6.45, 7) is 0. The number of hydrogen-bond acceptors (Lipinski definition) is 0. The van der Waals surface area contributed by atoms with E-state index in [2.05, 4.69) is 15.9 Å². The molecule has 1 aromatic rings. The van der Waals surface area contributed by atoms with Crippen molar-refractivity contribution in [3.63, 3.8) is 0 Å². The molecule has 0 aromatic heterocycles. The Kier molecular flexibility index (Phi) is 3.41. The van der Waals surface area contributed by atoms with Crippen molar-refractivity contribution in [3.8, 4) is 0 Å². The lowest BCUT2D eigenvalue weighted by Crippen LogP contribution is -1.85. The molecule has 12 heavy (non-hydrogen) atoms. The number of rotatable bonds is 2. The van der Waals surface area contributed by atoms with Gasteiger partial charge in [0.1, 0.15) is 0 Å². The lowest BCUT2D eigenvalue weighted by molar-refractivity contribution is 0.425. The summed E-state index contributed by atoms with van der Waals surface area (Å²) in [5, 5.41) is 0.180. The Morgan fingerprint density at radius 1 is 1.17 bits per heavy atom. The summed E-state index contributed by atoms with van der Waals surface area (Å²) >= 11 is 3.02. The largest absolute Gasteiger partial charge is 0.274 e. The molecule has 64 valence electrons. The van der Waals surface area contributed by atoms with Crippen LogP contribution < -0.4 is 0 Å². The van der Waals surface area contributed by atoms with Gasteiger partial charge in [0.2, 0.25) is 0 Å². The summed E-state index contributed by atoms with van der Waals surface area (Å²) < 4.78 is 24.5. The second-order valence-electron chi connectivity index (χ2n) is 2.24. The van der Waals surface area contributed by atoms with Gasteiger partial charge in [-0.05, 0) is 5.56 Å². The molecule has 0 bridgehead atoms. The second-order valence-corrected chi connectivity index (χ2v) is 2.80. The zero-order chi connectivity index (χ0) is 8.97. The van der Waals surface area contributed by atoms with Crippen molar-refractivity contribution in [1.29, 1.82) is 0 Å². The van der Waals surface area contributed by atoms with E-state index < -0.39 is 6.08 Å². The highest BCUT2D eigenvalue weighted by Crippen LogP contribution is 2.22. The molecule has 0 fully saturated rings. The van der Waals surface area contributed by atoms with Gasteiger partial charge in [0.15, 0.2) is 0 Å². The SMILES string of the molecule is FC(F)=C(CBr)c1ccccc1. The van der Waals surface area contributed by atoms with Gasteiger partial charge in [0.05, 0.1) is 0 Å². The topological polar surface area (TPSA) is 0 Å². The van der Waals surface area contributed by atoms with Crippen LogP contribution in [0.1, 0.15) is 5.56 Å². The van der Waals surface area contributed by atoms with E-state index in [0.29, 0.717) is 5.56 Å². The van der Waals surface area contributed by atoms with Crippen molar-refractivity contribution >= 4 is 21.5 Å². The minimum Gasteiger partial charge on any atom is -0.173 e. The van der Waals surface area contributed by atoms with Crippen LogP contribution >= 0.6 is 15.9 Å². The number of halogens is 3. The Balaban J connectivity index is 3.05. The van der Waals surface area contributed by atoms with E-state index in [4.69, 9.17) is 0 Å². The summed E-state index contributed by atoms with van der Waals surface area (Å²) in [4.78, 5) is 0. The molecule has 1 aromatic carbocycles. The van der Waals surface area contributed by atoms with Gasteiger partial charge in [-0.15, -0.1) is 0 Å². The van der Waals surface area contributed by atoms with Crippen molar-refractivity contribution in [2.45, 2.75) is 0 Å². The lowest BCUT2D eigenvalue weighted by Gasteiger charge is -2.00. The summed E-state index contributed by atoms with van der Waals surface area (Å²) in [7, 11) is 0. The Bertz CT molecular complexity index is 276. The molecule has 0 unspecified atom stereocenters. The molecule has 0 saturated heterocycles. The molecule has 0 aliphatic carbocycles. The zero-order valence-electron chi connectivity index (χ0n) is 6.23. The van der Waals surface area contributed by atoms with Gasteiger partial charge in [-0.3, -0.25) is 0 Å². The van der Waals surface area contributed by atoms with Gasteiger partial charge in [-0.25, -0.2) is 0 Å². The van der Waals surface area contributed by atoms with Crippen LogP contribution in [0.5, 0.6) is 0 Å². The van der Waals surface area contributed by atoms with E-state index in [1.165, 1.54) is 0 Å². The van der Waals surface area contributed by atoms with E-state index in [9.17, 15) is 8.78 Å². The molecule has 3 heteroatoms. The van der Waals surface area contributed by atoms with E-state index in [-0.39, 0.29) is 10.9 Å². The van der Waals surface area contributed by atoms with Crippen molar-refractivity contribution in [3.05, 3.63) is 42.0 Å². The summed E-state index contributed by atoms with van der Waals surface area (Å²) in [5.41, 5.74) is 0.616. The maximum absolute atomic E-state index is 12.2. The molecule has 0 saturated carbocycles. The van der Waals surface area contributed by atoms with E-state index >= 15 is 0 Å². The number of alkyl halides is 1. The molecular weight excluding hydrogens is 226 g/mol. The van der Waals surface area contributed by atoms with E-state index in [0.717, 1.165) is 0 Å². The summed E-state index contributed by atoms with van der Waals surface area (Å²) in [5.74, 6) is 0. The molecule has 0 aliphatic rings. The minimum atomic E-state index is -1.63. The normalized spacial score (nSPS) is 9.58. The molecule has 0 spiro atoms. The van der Waals surface area contributed by atoms with E-state index in [1.54, 1.807) is 30.3 Å². The van der Waals surface area contributed by atoms with Gasteiger partial charge >= 0.3 is 0 Å². The van der Waals surface area contributed by atoms with Crippen LogP contribution in [-0.4, -0.2) is 5.33 Å². The first-order valence-corrected chi connectivity index (χ1v) is 4.53. The van der Waals surface area contributed by atoms with Gasteiger partial charge in [-0.1, -0.05) is 46.3 Å². The Morgan fingerprint density at radius 2 is 1.75 bits per heavy atom. The third kappa shape index (κ3) is 2.14. The third-order valence-corrected chi connectivity index (χ3v) is 2.04. The number of hydrogen-bond donors (Lipinski definition) is 0. The summed E-state index contributed by atoms with van der Waals surface area (Å²) in [6.07, 6.45) is -1.63. The standard InChI is InChI=1S/C9H7BrF2/c10-6-8(9(11)12)7-4-2-1-3-5-7/h1-5H,6H2. The highest BCUT2D eigenvalue weighted by Gasteiger charge is 2.05. The van der Waals surface area contributed by atoms with Crippen LogP contribution in [0.15, 0.2) is 36.4 Å². The molecule has 0 atom stereocenters. The van der Waals surface area contributed by atoms with Gasteiger partial charge < -0.3 is 0 Å². The highest BCUT2D eigenvalue weighted by atomic mass is 79.9. The predicted molar refractivity (Wildman–Crippen MR) is 49.4 cm³/mol. The van der Waals surface area contributed by atoms with Crippen molar-refractivity contribution in [2.24, 2.45) is 0 Å². The fourth-order valence-corrected chi connectivity index (χ4v) is 1.41. The zero-order valence-corrected chi connectivity index (χ0v) is 7.81. The molecule has 1 rings (SSSR count). The Morgan fingerprint density at radius 3 is 2.17 bits per heavy atom. The van der Waals surface area contributed by atoms with Crippen molar-refractivity contribution in [1.82, 2.24) is 0 Å². The fourth-order valence-electron chi connectivity index (χ4n) is 0.876. The van der Waals surface area contributed by atoms with Crippen LogP contribution in [0.2, 0.25) is 0 Å². The van der Waals surface area contributed by atoms with E-state index in [1.807, 2.05) is 0 Å². The minimum absolute atomic E-state index is 0.0515. The predicted octanol–water partition coefficient (Wildman–Crippen LogP) is 3.69. The molecular formula is C9H7BrF2. The first-order chi connectivity index (χ1) is 5.75. The van der Waals surface area contributed by atoms with Gasteiger partial charge in [0.25, 0.3) is 6.08 Å². The Labute approximate surface area is 78.0 Å². The fraction of sp³-hybridized carbons (Fsp3) is 0.111. The second kappa shape index (κ2) is 4.36. The highest BCUT2D eigenvalue weighted by molar-refractivity contribution is 9.09. The maximum atomic E-state index is 12.2. The van der Waals surface area contributed by atoms with Crippen LogP contribution in [-0.2, 0) is 0 Å². The average molecular weight is 233 g/mol. The molecule has 0 N–H and O–H groups in total. The molecule has 0 nitrogen and oxygen atoms in total. The summed E-state index contributed by atoms with van der Waals surface area (Å²) in [6, 6.07) is 8.60. The first-order valence-electron chi connectivity index (χ1n) is 3.41. The van der Waals surface area contributed by atoms with Crippen molar-refractivity contribution < 1.29 is 8.78 Å². The third-order valence-electron chi connectivity index (χ3n) is 1.48. The number of benzene rings is 1. The molecule has 0 amide bonds. The maximum Gasteiger partial charge on any atom is 0.274 e. The van der Waals surface area contributed by atoms with Crippen molar-refractivity contribution in [2.75, 3.05) is 5.33 Å². The molecule has 0 radical (unpaired) electrons. The monoisotopic (exact) mass is 232 g/mol. The average Bonchev–Trinajstić information content (AvgIpc) is 2.07. The van der Waals surface area contributed by atoms with Gasteiger partial charge in [-0.2, -0.15) is 8.78 Å². The van der Waals surface area contributed by atoms with Crippen LogP contribution in [0.4, 0.5) is 8.78 Å². The Hall–Kier alpha value is -0.700. The lowest BCUT2D eigenvalue weighted by atomic mass is 10.1. The van der Waals surface area contributed by atoms with Gasteiger partial charge in [0, 0.05) is 10.9 Å². The van der Waals surface area contributed by atoms with Crippen LogP contribution in [0, 0.1) is 0 Å². The first kappa shape index (κ1) is 9.39. The molecule has 0 aliphatic heterocycles. The molecule has 0 heterocycles. The van der Waals surface area contributed by atoms with Crippen LogP contribution in [0.3, 0.4) is 0 Å².